The number of esters is 1. The van der Waals surface area contributed by atoms with Crippen molar-refractivity contribution in [3.8, 4) is 0 Å². The summed E-state index contributed by atoms with van der Waals surface area (Å²) in [6.45, 7) is 9.75. The van der Waals surface area contributed by atoms with E-state index in [9.17, 15) is 9.59 Å². The first kappa shape index (κ1) is 17.7. The van der Waals surface area contributed by atoms with Gasteiger partial charge in [0.05, 0.1) is 25.9 Å². The van der Waals surface area contributed by atoms with Crippen molar-refractivity contribution in [2.75, 3.05) is 20.3 Å². The smallest absolute Gasteiger partial charge is 0.407 e. The van der Waals surface area contributed by atoms with Crippen molar-refractivity contribution in [3.05, 3.63) is 0 Å². The van der Waals surface area contributed by atoms with Gasteiger partial charge in [-0.25, -0.2) is 9.59 Å². The van der Waals surface area contributed by atoms with Crippen LogP contribution in [0.25, 0.3) is 0 Å². The van der Waals surface area contributed by atoms with Gasteiger partial charge >= 0.3 is 12.1 Å². The van der Waals surface area contributed by atoms with Crippen LogP contribution in [0.4, 0.5) is 4.79 Å². The molecule has 0 saturated heterocycles. The average Bonchev–Trinajstić information content (AvgIpc) is 2.29. The summed E-state index contributed by atoms with van der Waals surface area (Å²) >= 11 is 0. The van der Waals surface area contributed by atoms with Gasteiger partial charge < -0.3 is 19.5 Å². The van der Waals surface area contributed by atoms with Crippen LogP contribution in [-0.4, -0.2) is 44.0 Å². The molecule has 1 unspecified atom stereocenters. The van der Waals surface area contributed by atoms with E-state index < -0.39 is 23.7 Å². The molecule has 0 aromatic heterocycles. The van der Waals surface area contributed by atoms with Crippen molar-refractivity contribution in [2.24, 2.45) is 5.92 Å². The largest absolute Gasteiger partial charge is 0.467 e. The molecule has 0 aromatic carbocycles. The highest BCUT2D eigenvalue weighted by Gasteiger charge is 2.25. The quantitative estimate of drug-likeness (QED) is 0.747. The van der Waals surface area contributed by atoms with E-state index in [4.69, 9.17) is 9.47 Å². The Hall–Kier alpha value is -1.30. The van der Waals surface area contributed by atoms with E-state index in [2.05, 4.69) is 10.1 Å². The second kappa shape index (κ2) is 7.99. The van der Waals surface area contributed by atoms with E-state index in [0.717, 1.165) is 0 Å². The first-order chi connectivity index (χ1) is 8.65. The summed E-state index contributed by atoms with van der Waals surface area (Å²) in [5.41, 5.74) is -0.407. The molecule has 0 spiro atoms. The second-order valence-corrected chi connectivity index (χ2v) is 5.64. The molecule has 0 heterocycles. The number of hydrogen-bond donors (Lipinski definition) is 1. The van der Waals surface area contributed by atoms with Crippen LogP contribution in [0.15, 0.2) is 0 Å². The number of alkyl carbamates (subject to hydrolysis) is 1. The van der Waals surface area contributed by atoms with Crippen molar-refractivity contribution in [2.45, 2.75) is 46.3 Å². The van der Waals surface area contributed by atoms with E-state index >= 15 is 0 Å². The Bertz CT molecular complexity index is 296. The fourth-order valence-electron chi connectivity index (χ4n) is 1.07. The third-order valence-corrected chi connectivity index (χ3v) is 2.01. The Morgan fingerprint density at radius 2 is 1.74 bits per heavy atom. The standard InChI is InChI=1S/C13H25NO5/c1-9(2)7-18-12(16)14-10(11(15)17-6)8-19-13(3,4)5/h9-10H,7-8H2,1-6H3,(H,14,16). The maximum absolute atomic E-state index is 11.5. The van der Waals surface area contributed by atoms with Gasteiger partial charge in [-0.05, 0) is 26.7 Å². The van der Waals surface area contributed by atoms with Gasteiger partial charge in [0.25, 0.3) is 0 Å². The Balaban J connectivity index is 4.35. The predicted molar refractivity (Wildman–Crippen MR) is 70.8 cm³/mol. The van der Waals surface area contributed by atoms with Crippen LogP contribution in [-0.2, 0) is 19.0 Å². The number of amides is 1. The summed E-state index contributed by atoms with van der Waals surface area (Å²) in [6, 6.07) is -0.871. The van der Waals surface area contributed by atoms with Crippen molar-refractivity contribution in [1.82, 2.24) is 5.32 Å². The van der Waals surface area contributed by atoms with Gasteiger partial charge in [0, 0.05) is 0 Å². The highest BCUT2D eigenvalue weighted by Crippen LogP contribution is 2.07. The van der Waals surface area contributed by atoms with Crippen molar-refractivity contribution >= 4 is 12.1 Å². The van der Waals surface area contributed by atoms with Gasteiger partial charge in [-0.15, -0.1) is 0 Å². The lowest BCUT2D eigenvalue weighted by Gasteiger charge is -2.23. The zero-order valence-corrected chi connectivity index (χ0v) is 12.6. The van der Waals surface area contributed by atoms with E-state index in [0.29, 0.717) is 6.61 Å². The van der Waals surface area contributed by atoms with Crippen molar-refractivity contribution in [1.29, 1.82) is 0 Å². The molecule has 1 N–H and O–H groups in total. The Kier molecular flexibility index (Phi) is 7.44. The molecular formula is C13H25NO5. The normalized spacial score (nSPS) is 13.0. The van der Waals surface area contributed by atoms with Crippen molar-refractivity contribution in [3.63, 3.8) is 0 Å². The van der Waals surface area contributed by atoms with E-state index in [1.54, 1.807) is 0 Å². The molecule has 0 saturated carbocycles. The van der Waals surface area contributed by atoms with E-state index in [-0.39, 0.29) is 12.5 Å². The first-order valence-corrected chi connectivity index (χ1v) is 6.30. The van der Waals surface area contributed by atoms with Gasteiger partial charge in [0.15, 0.2) is 6.04 Å². The lowest BCUT2D eigenvalue weighted by molar-refractivity contribution is -0.146. The van der Waals surface area contributed by atoms with Gasteiger partial charge in [-0.2, -0.15) is 0 Å². The molecule has 0 bridgehead atoms. The summed E-state index contributed by atoms with van der Waals surface area (Å²) in [4.78, 5) is 23.0. The molecule has 0 rings (SSSR count). The molecular weight excluding hydrogens is 250 g/mol. The number of nitrogens with one attached hydrogen (secondary N) is 1. The van der Waals surface area contributed by atoms with Gasteiger partial charge in [-0.1, -0.05) is 13.8 Å². The van der Waals surface area contributed by atoms with Crippen LogP contribution in [0.5, 0.6) is 0 Å². The molecule has 0 aliphatic rings. The number of methoxy groups -OCH3 is 1. The average molecular weight is 275 g/mol. The van der Waals surface area contributed by atoms with Gasteiger partial charge in [-0.3, -0.25) is 0 Å². The molecule has 6 nitrogen and oxygen atoms in total. The molecule has 6 heteroatoms. The first-order valence-electron chi connectivity index (χ1n) is 6.30. The van der Waals surface area contributed by atoms with Crippen LogP contribution in [0.2, 0.25) is 0 Å². The number of hydrogen-bond acceptors (Lipinski definition) is 5. The molecule has 0 aliphatic heterocycles. The molecule has 0 aromatic rings. The summed E-state index contributed by atoms with van der Waals surface area (Å²) in [5.74, 6) is -0.334. The third kappa shape index (κ3) is 9.30. The van der Waals surface area contributed by atoms with E-state index in [1.807, 2.05) is 34.6 Å². The summed E-state index contributed by atoms with van der Waals surface area (Å²) in [6.07, 6.45) is -0.651. The van der Waals surface area contributed by atoms with Crippen molar-refractivity contribution < 1.29 is 23.8 Å². The molecule has 1 amide bonds. The summed E-state index contributed by atoms with van der Waals surface area (Å²) < 4.78 is 15.0. The number of ether oxygens (including phenoxy) is 3. The minimum Gasteiger partial charge on any atom is -0.467 e. The minimum atomic E-state index is -0.871. The molecule has 112 valence electrons. The molecule has 0 aliphatic carbocycles. The highest BCUT2D eigenvalue weighted by molar-refractivity contribution is 5.81. The van der Waals surface area contributed by atoms with Gasteiger partial charge in [0.2, 0.25) is 0 Å². The number of carbonyl (C=O) groups excluding carboxylic acids is 2. The maximum Gasteiger partial charge on any atom is 0.407 e. The molecule has 1 atom stereocenters. The number of carbonyl (C=O) groups is 2. The zero-order valence-electron chi connectivity index (χ0n) is 12.6. The molecule has 0 fully saturated rings. The molecule has 19 heavy (non-hydrogen) atoms. The molecule has 0 radical (unpaired) electrons. The monoisotopic (exact) mass is 275 g/mol. The predicted octanol–water partition coefficient (Wildman–Crippen LogP) is 1.73. The van der Waals surface area contributed by atoms with E-state index in [1.165, 1.54) is 7.11 Å². The topological polar surface area (TPSA) is 73.9 Å². The Labute approximate surface area is 114 Å². The summed E-state index contributed by atoms with van der Waals surface area (Å²) in [5, 5.41) is 2.43. The minimum absolute atomic E-state index is 0.0347. The Morgan fingerprint density at radius 3 is 2.16 bits per heavy atom. The number of rotatable bonds is 6. The fourth-order valence-corrected chi connectivity index (χ4v) is 1.07. The SMILES string of the molecule is COC(=O)C(COC(C)(C)C)NC(=O)OCC(C)C. The van der Waals surface area contributed by atoms with Crippen LogP contribution in [0, 0.1) is 5.92 Å². The van der Waals surface area contributed by atoms with Crippen LogP contribution in [0.3, 0.4) is 0 Å². The van der Waals surface area contributed by atoms with Gasteiger partial charge in [0.1, 0.15) is 0 Å². The second-order valence-electron chi connectivity index (χ2n) is 5.64. The van der Waals surface area contributed by atoms with Crippen LogP contribution < -0.4 is 5.32 Å². The fraction of sp³-hybridized carbons (Fsp3) is 0.846. The summed E-state index contributed by atoms with van der Waals surface area (Å²) in [7, 11) is 1.26. The third-order valence-electron chi connectivity index (χ3n) is 2.01. The Morgan fingerprint density at radius 1 is 1.16 bits per heavy atom. The zero-order chi connectivity index (χ0) is 15.1. The van der Waals surface area contributed by atoms with Crippen LogP contribution >= 0.6 is 0 Å². The van der Waals surface area contributed by atoms with Crippen LogP contribution in [0.1, 0.15) is 34.6 Å². The highest BCUT2D eigenvalue weighted by atomic mass is 16.6. The lowest BCUT2D eigenvalue weighted by atomic mass is 10.2. The maximum atomic E-state index is 11.5. The lowest BCUT2D eigenvalue weighted by Crippen LogP contribution is -2.46.